The summed E-state index contributed by atoms with van der Waals surface area (Å²) in [6.45, 7) is -0.113. The maximum atomic E-state index is 12.3. The topological polar surface area (TPSA) is 49.8 Å². The Labute approximate surface area is 132 Å². The van der Waals surface area contributed by atoms with Crippen molar-refractivity contribution in [3.63, 3.8) is 0 Å². The van der Waals surface area contributed by atoms with Crippen LogP contribution in [0.5, 0.6) is 5.75 Å². The van der Waals surface area contributed by atoms with Crippen molar-refractivity contribution in [3.05, 3.63) is 29.8 Å². The number of aliphatic hydroxyl groups excluding tert-OH is 1. The van der Waals surface area contributed by atoms with Gasteiger partial charge in [-0.2, -0.15) is 13.2 Å². The first-order chi connectivity index (χ1) is 10.9. The van der Waals surface area contributed by atoms with Gasteiger partial charge in [0, 0.05) is 19.7 Å². The summed E-state index contributed by atoms with van der Waals surface area (Å²) in [6, 6.07) is 6.15. The van der Waals surface area contributed by atoms with Crippen molar-refractivity contribution in [2.75, 3.05) is 26.3 Å². The molecule has 2 rings (SSSR count). The minimum absolute atomic E-state index is 0.0601. The van der Waals surface area contributed by atoms with Crippen molar-refractivity contribution in [1.29, 1.82) is 0 Å². The Hall–Kier alpha value is -1.76. The average molecular weight is 331 g/mol. The predicted molar refractivity (Wildman–Crippen MR) is 78.1 cm³/mol. The zero-order chi connectivity index (χ0) is 16.9. The molecule has 1 unspecified atom stereocenters. The lowest BCUT2D eigenvalue weighted by Crippen LogP contribution is -2.41. The van der Waals surface area contributed by atoms with Crippen LogP contribution in [0.25, 0.3) is 0 Å². The number of carbonyl (C=O) groups is 1. The van der Waals surface area contributed by atoms with Gasteiger partial charge < -0.3 is 14.7 Å². The molecule has 1 atom stereocenters. The lowest BCUT2D eigenvalue weighted by Gasteiger charge is -2.32. The molecule has 1 fully saturated rings. The third-order valence-electron chi connectivity index (χ3n) is 3.79. The first-order valence-corrected chi connectivity index (χ1v) is 7.54. The zero-order valence-corrected chi connectivity index (χ0v) is 12.7. The van der Waals surface area contributed by atoms with Gasteiger partial charge >= 0.3 is 6.18 Å². The fourth-order valence-corrected chi connectivity index (χ4v) is 2.64. The van der Waals surface area contributed by atoms with Crippen LogP contribution in [0.1, 0.15) is 18.4 Å². The number of ether oxygens (including phenoxy) is 1. The van der Waals surface area contributed by atoms with Crippen molar-refractivity contribution in [1.82, 2.24) is 4.90 Å². The van der Waals surface area contributed by atoms with Crippen molar-refractivity contribution < 1.29 is 27.8 Å². The van der Waals surface area contributed by atoms with Gasteiger partial charge in [0.1, 0.15) is 5.75 Å². The van der Waals surface area contributed by atoms with Crippen molar-refractivity contribution in [2.24, 2.45) is 5.92 Å². The minimum atomic E-state index is -4.39. The normalized spacial score (nSPS) is 18.8. The second kappa shape index (κ2) is 7.68. The molecule has 1 saturated heterocycles. The van der Waals surface area contributed by atoms with E-state index in [1.807, 2.05) is 0 Å². The van der Waals surface area contributed by atoms with E-state index in [0.29, 0.717) is 18.7 Å². The number of hydrogen-bond acceptors (Lipinski definition) is 3. The lowest BCUT2D eigenvalue weighted by molar-refractivity contribution is -0.153. The molecule has 1 N–H and O–H groups in total. The number of rotatable bonds is 5. The second-order valence-electron chi connectivity index (χ2n) is 5.76. The van der Waals surface area contributed by atoms with E-state index in [4.69, 9.17) is 0 Å². The number of alkyl halides is 3. The smallest absolute Gasteiger partial charge is 0.422 e. The number of halogens is 3. The van der Waals surface area contributed by atoms with Gasteiger partial charge in [-0.3, -0.25) is 4.79 Å². The summed E-state index contributed by atoms with van der Waals surface area (Å²) in [4.78, 5) is 14.0. The van der Waals surface area contributed by atoms with Gasteiger partial charge in [-0.15, -0.1) is 0 Å². The van der Waals surface area contributed by atoms with Gasteiger partial charge in [-0.25, -0.2) is 0 Å². The van der Waals surface area contributed by atoms with Gasteiger partial charge in [-0.05, 0) is 36.5 Å². The molecule has 0 spiro atoms. The Kier molecular flexibility index (Phi) is 5.87. The Balaban J connectivity index is 1.93. The van der Waals surface area contributed by atoms with E-state index < -0.39 is 12.8 Å². The molecule has 128 valence electrons. The maximum Gasteiger partial charge on any atom is 0.422 e. The number of benzene rings is 1. The minimum Gasteiger partial charge on any atom is -0.484 e. The fourth-order valence-electron chi connectivity index (χ4n) is 2.64. The first-order valence-electron chi connectivity index (χ1n) is 7.54. The quantitative estimate of drug-likeness (QED) is 0.901. The average Bonchev–Trinajstić information content (AvgIpc) is 2.53. The Morgan fingerprint density at radius 1 is 1.39 bits per heavy atom. The first kappa shape index (κ1) is 17.6. The van der Waals surface area contributed by atoms with Crippen molar-refractivity contribution in [2.45, 2.75) is 25.4 Å². The molecule has 0 aromatic heterocycles. The van der Waals surface area contributed by atoms with Crippen LogP contribution >= 0.6 is 0 Å². The third kappa shape index (κ3) is 5.74. The van der Waals surface area contributed by atoms with E-state index in [2.05, 4.69) is 4.74 Å². The number of aliphatic hydroxyl groups is 1. The van der Waals surface area contributed by atoms with Gasteiger partial charge in [0.2, 0.25) is 5.91 Å². The lowest BCUT2D eigenvalue weighted by atomic mass is 9.98. The third-order valence-corrected chi connectivity index (χ3v) is 3.79. The highest BCUT2D eigenvalue weighted by Crippen LogP contribution is 2.21. The van der Waals surface area contributed by atoms with E-state index in [9.17, 15) is 23.1 Å². The fraction of sp³-hybridized carbons (Fsp3) is 0.562. The van der Waals surface area contributed by atoms with Crippen LogP contribution in [0.4, 0.5) is 13.2 Å². The molecule has 7 heteroatoms. The molecule has 0 saturated carbocycles. The monoisotopic (exact) mass is 331 g/mol. The highest BCUT2D eigenvalue weighted by atomic mass is 19.4. The number of piperidine rings is 1. The molecular formula is C16H20F3NO3. The van der Waals surface area contributed by atoms with Crippen LogP contribution in [0, 0.1) is 5.92 Å². The van der Waals surface area contributed by atoms with Gasteiger partial charge in [0.15, 0.2) is 6.61 Å². The standard InChI is InChI=1S/C16H20F3NO3/c17-16(18,19)11-23-14-5-1-3-12(7-14)8-15(22)20-6-2-4-13(9-20)10-21/h1,3,5,7,13,21H,2,4,6,8-11H2. The van der Waals surface area contributed by atoms with E-state index in [-0.39, 0.29) is 30.6 Å². The number of nitrogens with zero attached hydrogens (tertiary/aromatic N) is 1. The maximum absolute atomic E-state index is 12.3. The van der Waals surface area contributed by atoms with E-state index >= 15 is 0 Å². The summed E-state index contributed by atoms with van der Waals surface area (Å²) in [5.74, 6) is 0.116. The SMILES string of the molecule is O=C(Cc1cccc(OCC(F)(F)F)c1)N1CCCC(CO)C1. The molecule has 0 bridgehead atoms. The molecule has 1 amide bonds. The molecule has 1 aromatic rings. The number of amides is 1. The van der Waals surface area contributed by atoms with Crippen LogP contribution in [0.2, 0.25) is 0 Å². The summed E-state index contributed by atoms with van der Waals surface area (Å²) >= 11 is 0. The summed E-state index contributed by atoms with van der Waals surface area (Å²) in [5.41, 5.74) is 0.612. The summed E-state index contributed by atoms with van der Waals surface area (Å²) in [5, 5.41) is 9.20. The number of carbonyl (C=O) groups excluding carboxylic acids is 1. The molecule has 1 heterocycles. The van der Waals surface area contributed by atoms with E-state index in [0.717, 1.165) is 12.8 Å². The van der Waals surface area contributed by atoms with E-state index in [1.165, 1.54) is 12.1 Å². The van der Waals surface area contributed by atoms with Crippen LogP contribution in [0.3, 0.4) is 0 Å². The Bertz CT molecular complexity index is 534. The second-order valence-corrected chi connectivity index (χ2v) is 5.76. The highest BCUT2D eigenvalue weighted by Gasteiger charge is 2.28. The van der Waals surface area contributed by atoms with E-state index in [1.54, 1.807) is 17.0 Å². The van der Waals surface area contributed by atoms with Crippen LogP contribution < -0.4 is 4.74 Å². The summed E-state index contributed by atoms with van der Waals surface area (Å²) in [7, 11) is 0. The molecule has 1 aliphatic rings. The van der Waals surface area contributed by atoms with Gasteiger partial charge in [-0.1, -0.05) is 12.1 Å². The molecule has 0 radical (unpaired) electrons. The molecule has 1 aliphatic heterocycles. The molecule has 1 aromatic carbocycles. The molecule has 23 heavy (non-hydrogen) atoms. The van der Waals surface area contributed by atoms with Crippen LogP contribution in [-0.4, -0.2) is 48.4 Å². The van der Waals surface area contributed by atoms with Crippen molar-refractivity contribution >= 4 is 5.91 Å². The number of likely N-dealkylation sites (tertiary alicyclic amines) is 1. The molecular weight excluding hydrogens is 311 g/mol. The Morgan fingerprint density at radius 2 is 2.17 bits per heavy atom. The highest BCUT2D eigenvalue weighted by molar-refractivity contribution is 5.79. The summed E-state index contributed by atoms with van der Waals surface area (Å²) in [6.07, 6.45) is -2.52. The Morgan fingerprint density at radius 3 is 2.87 bits per heavy atom. The van der Waals surface area contributed by atoms with Crippen molar-refractivity contribution in [3.8, 4) is 5.75 Å². The van der Waals surface area contributed by atoms with Gasteiger partial charge in [0.25, 0.3) is 0 Å². The zero-order valence-electron chi connectivity index (χ0n) is 12.7. The summed E-state index contributed by atoms with van der Waals surface area (Å²) < 4.78 is 41.2. The predicted octanol–water partition coefficient (Wildman–Crippen LogP) is 2.40. The number of hydrogen-bond donors (Lipinski definition) is 1. The van der Waals surface area contributed by atoms with Crippen LogP contribution in [0.15, 0.2) is 24.3 Å². The molecule has 0 aliphatic carbocycles. The largest absolute Gasteiger partial charge is 0.484 e. The van der Waals surface area contributed by atoms with Crippen LogP contribution in [-0.2, 0) is 11.2 Å². The van der Waals surface area contributed by atoms with Gasteiger partial charge in [0.05, 0.1) is 6.42 Å². The molecule has 4 nitrogen and oxygen atoms in total.